The molecule has 1 aromatic carbocycles. The summed E-state index contributed by atoms with van der Waals surface area (Å²) in [5, 5.41) is 2.35. The van der Waals surface area contributed by atoms with Gasteiger partial charge in [0.1, 0.15) is 16.6 Å². The van der Waals surface area contributed by atoms with E-state index in [0.29, 0.717) is 15.0 Å². The lowest BCUT2D eigenvalue weighted by molar-refractivity contribution is 0.323. The lowest BCUT2D eigenvalue weighted by Gasteiger charge is -2.08. The number of rotatable bonds is 6. The number of nitrogens with one attached hydrogen (secondary N) is 1. The highest BCUT2D eigenvalue weighted by Gasteiger charge is 2.13. The highest BCUT2D eigenvalue weighted by molar-refractivity contribution is 7.91. The molecule has 0 aliphatic carbocycles. The Morgan fingerprint density at radius 1 is 1.35 bits per heavy atom. The summed E-state index contributed by atoms with van der Waals surface area (Å²) in [5.74, 6) is 0.621. The van der Waals surface area contributed by atoms with Gasteiger partial charge >= 0.3 is 0 Å². The van der Waals surface area contributed by atoms with Crippen LogP contribution in [0.1, 0.15) is 5.56 Å². The van der Waals surface area contributed by atoms with Crippen molar-refractivity contribution in [3.05, 3.63) is 46.3 Å². The van der Waals surface area contributed by atoms with E-state index >= 15 is 0 Å². The molecule has 20 heavy (non-hydrogen) atoms. The molecule has 2 rings (SSSR count). The standard InChI is InChI=1S/C13H14ClNO3S2/c1-10-4-5-11(9-12(10)14)18-7-6-15-20(16,17)13-3-2-8-19-13/h2-5,8-9,15H,6-7H2,1H3. The van der Waals surface area contributed by atoms with Crippen LogP contribution in [0, 0.1) is 6.92 Å². The summed E-state index contributed by atoms with van der Waals surface area (Å²) in [6.07, 6.45) is 0. The maximum absolute atomic E-state index is 11.8. The van der Waals surface area contributed by atoms with Crippen LogP contribution >= 0.6 is 22.9 Å². The number of hydrogen-bond donors (Lipinski definition) is 1. The molecule has 0 amide bonds. The van der Waals surface area contributed by atoms with Crippen molar-refractivity contribution >= 4 is 33.0 Å². The third-order valence-electron chi connectivity index (χ3n) is 2.57. The Hall–Kier alpha value is -1.08. The first-order valence-corrected chi connectivity index (χ1v) is 8.65. The molecule has 108 valence electrons. The van der Waals surface area contributed by atoms with E-state index in [1.807, 2.05) is 13.0 Å². The molecule has 0 radical (unpaired) electrons. The topological polar surface area (TPSA) is 55.4 Å². The van der Waals surface area contributed by atoms with Gasteiger partial charge in [-0.3, -0.25) is 0 Å². The number of aryl methyl sites for hydroxylation is 1. The molecule has 0 spiro atoms. The minimum atomic E-state index is -3.42. The van der Waals surface area contributed by atoms with Crippen molar-refractivity contribution in [1.82, 2.24) is 4.72 Å². The van der Waals surface area contributed by atoms with E-state index < -0.39 is 10.0 Å². The van der Waals surface area contributed by atoms with Crippen LogP contribution in [0.3, 0.4) is 0 Å². The van der Waals surface area contributed by atoms with Crippen molar-refractivity contribution in [2.24, 2.45) is 0 Å². The van der Waals surface area contributed by atoms with Crippen LogP contribution < -0.4 is 9.46 Å². The van der Waals surface area contributed by atoms with E-state index in [4.69, 9.17) is 16.3 Å². The second kappa shape index (κ2) is 6.58. The Kier molecular flexibility index (Phi) is 5.04. The van der Waals surface area contributed by atoms with E-state index in [0.717, 1.165) is 5.56 Å². The fraction of sp³-hybridized carbons (Fsp3) is 0.231. The Bertz CT molecular complexity index is 669. The first-order chi connectivity index (χ1) is 9.49. The fourth-order valence-electron chi connectivity index (χ4n) is 1.50. The average Bonchev–Trinajstić information content (AvgIpc) is 2.93. The van der Waals surface area contributed by atoms with Gasteiger partial charge in [0.05, 0.1) is 0 Å². The van der Waals surface area contributed by atoms with Crippen molar-refractivity contribution in [2.75, 3.05) is 13.2 Å². The summed E-state index contributed by atoms with van der Waals surface area (Å²) in [4.78, 5) is 0. The summed E-state index contributed by atoms with van der Waals surface area (Å²) >= 11 is 7.16. The Morgan fingerprint density at radius 3 is 2.80 bits per heavy atom. The summed E-state index contributed by atoms with van der Waals surface area (Å²) in [6, 6.07) is 8.63. The van der Waals surface area contributed by atoms with Crippen LogP contribution in [0.25, 0.3) is 0 Å². The maximum Gasteiger partial charge on any atom is 0.250 e. The van der Waals surface area contributed by atoms with Crippen LogP contribution in [0.15, 0.2) is 39.9 Å². The lowest BCUT2D eigenvalue weighted by Crippen LogP contribution is -2.27. The zero-order valence-electron chi connectivity index (χ0n) is 10.8. The largest absolute Gasteiger partial charge is 0.492 e. The predicted molar refractivity (Wildman–Crippen MR) is 81.2 cm³/mol. The smallest absolute Gasteiger partial charge is 0.250 e. The van der Waals surface area contributed by atoms with Gasteiger partial charge in [0.2, 0.25) is 10.0 Å². The van der Waals surface area contributed by atoms with Crippen LogP contribution in [-0.4, -0.2) is 21.6 Å². The second-order valence-electron chi connectivity index (χ2n) is 4.09. The van der Waals surface area contributed by atoms with E-state index in [9.17, 15) is 8.42 Å². The summed E-state index contributed by atoms with van der Waals surface area (Å²) in [7, 11) is -3.42. The molecular formula is C13H14ClNO3S2. The molecule has 1 aromatic heterocycles. The second-order valence-corrected chi connectivity index (χ2v) is 7.44. The van der Waals surface area contributed by atoms with Gasteiger partial charge in [-0.15, -0.1) is 11.3 Å². The Morgan fingerprint density at radius 2 is 2.15 bits per heavy atom. The van der Waals surface area contributed by atoms with Crippen molar-refractivity contribution in [2.45, 2.75) is 11.1 Å². The van der Waals surface area contributed by atoms with Gasteiger partial charge in [-0.25, -0.2) is 13.1 Å². The molecule has 4 nitrogen and oxygen atoms in total. The summed E-state index contributed by atoms with van der Waals surface area (Å²) in [5.41, 5.74) is 0.970. The first-order valence-electron chi connectivity index (χ1n) is 5.91. The van der Waals surface area contributed by atoms with Crippen molar-refractivity contribution < 1.29 is 13.2 Å². The molecule has 0 bridgehead atoms. The fourth-order valence-corrected chi connectivity index (χ4v) is 3.72. The van der Waals surface area contributed by atoms with E-state index in [2.05, 4.69) is 4.72 Å². The molecule has 2 aromatic rings. The van der Waals surface area contributed by atoms with Crippen LogP contribution in [-0.2, 0) is 10.0 Å². The molecule has 1 N–H and O–H groups in total. The monoisotopic (exact) mass is 331 g/mol. The summed E-state index contributed by atoms with van der Waals surface area (Å²) < 4.78 is 31.9. The lowest BCUT2D eigenvalue weighted by atomic mass is 10.2. The normalized spacial score (nSPS) is 11.5. The number of thiophene rings is 1. The molecule has 0 atom stereocenters. The molecular weight excluding hydrogens is 318 g/mol. The van der Waals surface area contributed by atoms with Gasteiger partial charge < -0.3 is 4.74 Å². The zero-order valence-corrected chi connectivity index (χ0v) is 13.2. The summed E-state index contributed by atoms with van der Waals surface area (Å²) in [6.45, 7) is 2.34. The number of benzene rings is 1. The molecule has 0 aliphatic rings. The van der Waals surface area contributed by atoms with Gasteiger partial charge in [-0.05, 0) is 36.1 Å². The number of ether oxygens (including phenoxy) is 1. The van der Waals surface area contributed by atoms with Crippen LogP contribution in [0.5, 0.6) is 5.75 Å². The van der Waals surface area contributed by atoms with Crippen molar-refractivity contribution in [3.8, 4) is 5.75 Å². The Balaban J connectivity index is 1.83. The number of halogens is 1. The van der Waals surface area contributed by atoms with Crippen LogP contribution in [0.4, 0.5) is 0 Å². The minimum Gasteiger partial charge on any atom is -0.492 e. The SMILES string of the molecule is Cc1ccc(OCCNS(=O)(=O)c2cccs2)cc1Cl. The predicted octanol–water partition coefficient (Wildman–Crippen LogP) is 3.07. The van der Waals surface area contributed by atoms with Crippen molar-refractivity contribution in [1.29, 1.82) is 0 Å². The van der Waals surface area contributed by atoms with Crippen molar-refractivity contribution in [3.63, 3.8) is 0 Å². The van der Waals surface area contributed by atoms with E-state index in [-0.39, 0.29) is 13.2 Å². The molecule has 0 aliphatic heterocycles. The van der Waals surface area contributed by atoms with Gasteiger partial charge in [-0.2, -0.15) is 0 Å². The van der Waals surface area contributed by atoms with Gasteiger partial charge in [0, 0.05) is 11.6 Å². The quantitative estimate of drug-likeness (QED) is 0.828. The molecule has 0 saturated heterocycles. The van der Waals surface area contributed by atoms with Gasteiger partial charge in [0.15, 0.2) is 0 Å². The highest BCUT2D eigenvalue weighted by atomic mass is 35.5. The zero-order chi connectivity index (χ0) is 14.6. The third kappa shape index (κ3) is 3.96. The molecule has 0 fully saturated rings. The Labute approximate surface area is 127 Å². The number of sulfonamides is 1. The van der Waals surface area contributed by atoms with E-state index in [1.54, 1.807) is 29.6 Å². The molecule has 7 heteroatoms. The average molecular weight is 332 g/mol. The minimum absolute atomic E-state index is 0.200. The van der Waals surface area contributed by atoms with Gasteiger partial charge in [-0.1, -0.05) is 23.7 Å². The van der Waals surface area contributed by atoms with Gasteiger partial charge in [0.25, 0.3) is 0 Å². The highest BCUT2D eigenvalue weighted by Crippen LogP contribution is 2.21. The maximum atomic E-state index is 11.8. The third-order valence-corrected chi connectivity index (χ3v) is 5.83. The van der Waals surface area contributed by atoms with Crippen LogP contribution in [0.2, 0.25) is 5.02 Å². The molecule has 1 heterocycles. The van der Waals surface area contributed by atoms with E-state index in [1.165, 1.54) is 11.3 Å². The number of hydrogen-bond acceptors (Lipinski definition) is 4. The molecule has 0 unspecified atom stereocenters. The first kappa shape index (κ1) is 15.3. The molecule has 0 saturated carbocycles.